The Morgan fingerprint density at radius 3 is 3.05 bits per heavy atom. The Labute approximate surface area is 121 Å². The molecule has 0 radical (unpaired) electrons. The van der Waals surface area contributed by atoms with Crippen LogP contribution in [0.15, 0.2) is 35.6 Å². The van der Waals surface area contributed by atoms with Gasteiger partial charge in [-0.05, 0) is 28.9 Å². The van der Waals surface area contributed by atoms with Crippen LogP contribution in [0.1, 0.15) is 19.8 Å². The number of carbonyl (C=O) groups is 1. The quantitative estimate of drug-likeness (QED) is 0.345. The number of rotatable bonds is 7. The minimum Gasteiger partial charge on any atom is -0.381 e. The van der Waals surface area contributed by atoms with Crippen molar-refractivity contribution in [1.29, 1.82) is 0 Å². The van der Waals surface area contributed by atoms with E-state index in [4.69, 9.17) is 10.7 Å². The van der Waals surface area contributed by atoms with E-state index in [2.05, 4.69) is 10.8 Å². The highest BCUT2D eigenvalue weighted by Crippen LogP contribution is 2.26. The van der Waals surface area contributed by atoms with E-state index in [0.29, 0.717) is 24.4 Å². The molecule has 0 spiro atoms. The van der Waals surface area contributed by atoms with E-state index < -0.39 is 4.92 Å². The zero-order valence-corrected chi connectivity index (χ0v) is 11.5. The van der Waals surface area contributed by atoms with Gasteiger partial charge in [0.2, 0.25) is 11.6 Å². The summed E-state index contributed by atoms with van der Waals surface area (Å²) in [5.74, 6) is -0.646. The number of nitro groups is 1. The summed E-state index contributed by atoms with van der Waals surface area (Å²) in [4.78, 5) is 26.2. The van der Waals surface area contributed by atoms with Crippen LogP contribution < -0.4 is 16.5 Å². The van der Waals surface area contributed by atoms with Crippen LogP contribution in [0.4, 0.5) is 0 Å². The maximum Gasteiger partial charge on any atom is 0.355 e. The summed E-state index contributed by atoms with van der Waals surface area (Å²) >= 11 is 0. The first kappa shape index (κ1) is 14.9. The van der Waals surface area contributed by atoms with Crippen LogP contribution in [0.25, 0.3) is 0 Å². The van der Waals surface area contributed by atoms with E-state index in [-0.39, 0.29) is 17.6 Å². The minimum absolute atomic E-state index is 0.166. The lowest BCUT2D eigenvalue weighted by Gasteiger charge is -2.18. The lowest BCUT2D eigenvalue weighted by molar-refractivity contribution is -0.465. The van der Waals surface area contributed by atoms with Crippen LogP contribution in [-0.4, -0.2) is 22.4 Å². The first-order valence-electron chi connectivity index (χ1n) is 6.53. The second kappa shape index (κ2) is 6.27. The number of hydroxylamine groups is 3. The van der Waals surface area contributed by atoms with Gasteiger partial charge in [-0.3, -0.25) is 4.79 Å². The predicted octanol–water partition coefficient (Wildman–Crippen LogP) is 0.0864. The molecular weight excluding hydrogens is 278 g/mol. The molecule has 1 amide bonds. The number of hydrogen-bond donors (Lipinski definition) is 3. The fraction of sp³-hybridized carbons (Fsp3) is 0.417. The molecule has 2 heterocycles. The van der Waals surface area contributed by atoms with Gasteiger partial charge < -0.3 is 21.2 Å². The number of fused-ring (bicyclic) bond motifs is 1. The standard InChI is InChI=1S/C12H17N5O4/c1-8(12(13)18)3-2-6-14-9-4-5-11(17(19)20)16-10(9)7-15-21-16/h4-5,7-8,14-15H,2-3,6H2,1H3,(H2,13,18)/t8-/m0/s1. The molecule has 0 aromatic heterocycles. The van der Waals surface area contributed by atoms with E-state index in [0.717, 1.165) is 11.5 Å². The van der Waals surface area contributed by atoms with E-state index in [1.54, 1.807) is 13.0 Å². The highest BCUT2D eigenvalue weighted by molar-refractivity contribution is 5.76. The van der Waals surface area contributed by atoms with Crippen LogP contribution in [-0.2, 0) is 9.73 Å². The Balaban J connectivity index is 1.91. The van der Waals surface area contributed by atoms with E-state index in [9.17, 15) is 14.9 Å². The van der Waals surface area contributed by atoms with Gasteiger partial charge in [-0.1, -0.05) is 11.9 Å². The Kier molecular flexibility index (Phi) is 4.43. The molecule has 0 aliphatic carbocycles. The molecule has 21 heavy (non-hydrogen) atoms. The summed E-state index contributed by atoms with van der Waals surface area (Å²) in [5, 5.41) is 15.1. The Morgan fingerprint density at radius 1 is 1.62 bits per heavy atom. The van der Waals surface area contributed by atoms with E-state index >= 15 is 0 Å². The van der Waals surface area contributed by atoms with E-state index in [1.165, 1.54) is 12.3 Å². The Morgan fingerprint density at radius 2 is 2.38 bits per heavy atom. The summed E-state index contributed by atoms with van der Waals surface area (Å²) in [7, 11) is 0. The number of nitrogens with zero attached hydrogens (tertiary/aromatic N) is 2. The molecule has 9 heteroatoms. The van der Waals surface area contributed by atoms with Gasteiger partial charge >= 0.3 is 5.82 Å². The van der Waals surface area contributed by atoms with Crippen molar-refractivity contribution in [2.75, 3.05) is 6.54 Å². The first-order valence-corrected chi connectivity index (χ1v) is 6.53. The summed E-state index contributed by atoms with van der Waals surface area (Å²) < 4.78 is 0. The van der Waals surface area contributed by atoms with Crippen molar-refractivity contribution in [3.63, 3.8) is 0 Å². The Bertz CT molecular complexity index is 540. The topological polar surface area (TPSA) is 123 Å². The molecule has 4 N–H and O–H groups in total. The smallest absolute Gasteiger partial charge is 0.355 e. The van der Waals surface area contributed by atoms with Crippen LogP contribution in [0.5, 0.6) is 0 Å². The summed E-state index contributed by atoms with van der Waals surface area (Å²) in [5.41, 5.74) is 8.91. The first-order chi connectivity index (χ1) is 10.0. The fourth-order valence-electron chi connectivity index (χ4n) is 1.97. The van der Waals surface area contributed by atoms with Gasteiger partial charge in [0.1, 0.15) is 0 Å². The fourth-order valence-corrected chi connectivity index (χ4v) is 1.97. The summed E-state index contributed by atoms with van der Waals surface area (Å²) in [6.45, 7) is 2.41. The summed E-state index contributed by atoms with van der Waals surface area (Å²) in [6.07, 6.45) is 5.95. The number of allylic oxidation sites excluding steroid dienone is 2. The molecule has 114 valence electrons. The van der Waals surface area contributed by atoms with Crippen molar-refractivity contribution in [2.24, 2.45) is 11.7 Å². The van der Waals surface area contributed by atoms with Crippen molar-refractivity contribution < 1.29 is 14.7 Å². The van der Waals surface area contributed by atoms with Gasteiger partial charge in [-0.2, -0.15) is 0 Å². The number of nitrogens with one attached hydrogen (secondary N) is 2. The molecule has 2 aliphatic rings. The van der Waals surface area contributed by atoms with Gasteiger partial charge in [-0.15, -0.1) is 0 Å². The van der Waals surface area contributed by atoms with Crippen LogP contribution >= 0.6 is 0 Å². The molecule has 9 nitrogen and oxygen atoms in total. The van der Waals surface area contributed by atoms with Crippen molar-refractivity contribution >= 4 is 5.91 Å². The van der Waals surface area contributed by atoms with Crippen molar-refractivity contribution in [3.05, 3.63) is 45.7 Å². The molecule has 0 saturated heterocycles. The highest BCUT2D eigenvalue weighted by Gasteiger charge is 2.37. The number of primary amides is 1. The maximum absolute atomic E-state index is 10.9. The van der Waals surface area contributed by atoms with Crippen molar-refractivity contribution in [3.8, 4) is 0 Å². The average Bonchev–Trinajstić information content (AvgIpc) is 2.92. The molecule has 0 saturated carbocycles. The SMILES string of the molecule is C[C@@H](CCCNC1=CC=C([N+](=O)[O-])N2ONC=C12)C(N)=O. The van der Waals surface area contributed by atoms with Gasteiger partial charge in [0, 0.05) is 18.5 Å². The molecule has 0 unspecified atom stereocenters. The molecule has 0 fully saturated rings. The highest BCUT2D eigenvalue weighted by atomic mass is 16.8. The van der Waals surface area contributed by atoms with Gasteiger partial charge in [0.15, 0.2) is 0 Å². The molecule has 2 aliphatic heterocycles. The third-order valence-electron chi connectivity index (χ3n) is 3.24. The van der Waals surface area contributed by atoms with Gasteiger partial charge in [-0.25, -0.2) is 5.48 Å². The second-order valence-electron chi connectivity index (χ2n) is 4.77. The molecule has 0 aromatic rings. The number of hydrogen-bond acceptors (Lipinski definition) is 7. The monoisotopic (exact) mass is 295 g/mol. The number of amides is 1. The zero-order chi connectivity index (χ0) is 15.4. The van der Waals surface area contributed by atoms with Crippen LogP contribution in [0, 0.1) is 16.0 Å². The number of carbonyl (C=O) groups excluding carboxylic acids is 1. The maximum atomic E-state index is 10.9. The normalized spacial score (nSPS) is 18.0. The average molecular weight is 295 g/mol. The third-order valence-corrected chi connectivity index (χ3v) is 3.24. The minimum atomic E-state index is -0.525. The largest absolute Gasteiger partial charge is 0.381 e. The third kappa shape index (κ3) is 3.31. The number of nitrogens with two attached hydrogens (primary N) is 1. The Hall–Kier alpha value is -2.55. The molecule has 1 atom stereocenters. The van der Waals surface area contributed by atoms with Crippen LogP contribution in [0.3, 0.4) is 0 Å². The van der Waals surface area contributed by atoms with E-state index in [1.807, 2.05) is 0 Å². The van der Waals surface area contributed by atoms with Gasteiger partial charge in [0.25, 0.3) is 0 Å². The molecule has 0 bridgehead atoms. The predicted molar refractivity (Wildman–Crippen MR) is 72.9 cm³/mol. The zero-order valence-electron chi connectivity index (χ0n) is 11.5. The second-order valence-corrected chi connectivity index (χ2v) is 4.77. The van der Waals surface area contributed by atoms with Crippen molar-refractivity contribution in [2.45, 2.75) is 19.8 Å². The molecular formula is C12H17N5O4. The molecule has 0 aromatic carbocycles. The van der Waals surface area contributed by atoms with Crippen molar-refractivity contribution in [1.82, 2.24) is 15.9 Å². The van der Waals surface area contributed by atoms with Gasteiger partial charge in [0.05, 0.1) is 11.9 Å². The van der Waals surface area contributed by atoms with Crippen LogP contribution in [0.2, 0.25) is 0 Å². The summed E-state index contributed by atoms with van der Waals surface area (Å²) in [6, 6.07) is 0. The molecule has 2 rings (SSSR count). The lowest BCUT2D eigenvalue weighted by Crippen LogP contribution is -2.31. The lowest BCUT2D eigenvalue weighted by atomic mass is 10.1.